The van der Waals surface area contributed by atoms with Gasteiger partial charge in [0.2, 0.25) is 12.0 Å². The molecule has 1 atom stereocenters. The maximum atomic E-state index is 12.9. The Balaban J connectivity index is 0.00000186. The number of esters is 1. The van der Waals surface area contributed by atoms with Crippen LogP contribution in [0.15, 0.2) is 54.7 Å². The molecule has 0 radical (unpaired) electrons. The van der Waals surface area contributed by atoms with Crippen LogP contribution in [0, 0.1) is 6.92 Å². The fourth-order valence-corrected chi connectivity index (χ4v) is 4.45. The van der Waals surface area contributed by atoms with E-state index in [1.165, 1.54) is 11.5 Å². The van der Waals surface area contributed by atoms with Crippen LogP contribution in [0.4, 0.5) is 0 Å². The van der Waals surface area contributed by atoms with Crippen LogP contribution in [0.1, 0.15) is 37.5 Å². The van der Waals surface area contributed by atoms with Crippen molar-refractivity contribution in [3.63, 3.8) is 0 Å². The van der Waals surface area contributed by atoms with E-state index >= 15 is 0 Å². The van der Waals surface area contributed by atoms with Crippen molar-refractivity contribution >= 4 is 39.2 Å². The maximum absolute atomic E-state index is 12.9. The van der Waals surface area contributed by atoms with Gasteiger partial charge in [-0.15, -0.1) is 0 Å². The van der Waals surface area contributed by atoms with E-state index in [2.05, 4.69) is 9.36 Å². The summed E-state index contributed by atoms with van der Waals surface area (Å²) in [6.07, 6.45) is 0.975. The molecule has 0 fully saturated rings. The average Bonchev–Trinajstić information content (AvgIpc) is 3.34. The summed E-state index contributed by atoms with van der Waals surface area (Å²) in [6, 6.07) is 15.2. The maximum Gasteiger partial charge on any atom is 0.347 e. The van der Waals surface area contributed by atoms with Gasteiger partial charge in [0.05, 0.1) is 23.8 Å². The van der Waals surface area contributed by atoms with E-state index in [1.54, 1.807) is 20.2 Å². The molecule has 0 N–H and O–H groups in total. The highest BCUT2D eigenvalue weighted by molar-refractivity contribution is 7.13. The smallest absolute Gasteiger partial charge is 0.347 e. The van der Waals surface area contributed by atoms with Crippen molar-refractivity contribution in [2.45, 2.75) is 46.8 Å². The van der Waals surface area contributed by atoms with E-state index < -0.39 is 12.1 Å². The van der Waals surface area contributed by atoms with Gasteiger partial charge in [0, 0.05) is 18.2 Å². The zero-order valence-corrected chi connectivity index (χ0v) is 23.2. The van der Waals surface area contributed by atoms with Crippen molar-refractivity contribution in [1.29, 1.82) is 0 Å². The zero-order valence-electron chi connectivity index (χ0n) is 21.6. The number of carbonyl (C=O) groups is 1. The van der Waals surface area contributed by atoms with Crippen LogP contribution >= 0.6 is 23.1 Å². The summed E-state index contributed by atoms with van der Waals surface area (Å²) in [5.74, 6) is 1.30. The Morgan fingerprint density at radius 2 is 1.84 bits per heavy atom. The Bertz CT molecular complexity index is 1310. The van der Waals surface area contributed by atoms with Crippen molar-refractivity contribution in [3.8, 4) is 17.4 Å². The molecule has 4 aromatic rings. The fraction of sp³-hybridized carbons (Fsp3) is 0.321. The standard InChI is InChI=1S/C26H25ClN2O5S.C2H6/c1-4-32-26(30)21(34-25-23-16(2)24(27)28-14-22(23)35-29-25)13-18-7-5-6-8-20(18)33-15-17-9-11-19(31-3)12-10-17;1-2/h5-12,14,21H,4,13,15H2,1-3H3;1-2H3. The van der Waals surface area contributed by atoms with Crippen LogP contribution in [0.2, 0.25) is 5.15 Å². The number of methoxy groups -OCH3 is 1. The molecule has 0 saturated heterocycles. The Morgan fingerprint density at radius 3 is 2.54 bits per heavy atom. The largest absolute Gasteiger partial charge is 0.497 e. The molecular formula is C28H31ClN2O5S. The van der Waals surface area contributed by atoms with Crippen molar-refractivity contribution in [2.75, 3.05) is 13.7 Å². The van der Waals surface area contributed by atoms with Gasteiger partial charge in [0.25, 0.3) is 0 Å². The summed E-state index contributed by atoms with van der Waals surface area (Å²) >= 11 is 7.45. The molecule has 0 amide bonds. The van der Waals surface area contributed by atoms with Crippen LogP contribution in [0.3, 0.4) is 0 Å². The molecular weight excluding hydrogens is 512 g/mol. The Hall–Kier alpha value is -3.36. The van der Waals surface area contributed by atoms with Crippen molar-refractivity contribution in [1.82, 2.24) is 9.36 Å². The lowest BCUT2D eigenvalue weighted by Gasteiger charge is -2.19. The third kappa shape index (κ3) is 7.11. The minimum absolute atomic E-state index is 0.237. The van der Waals surface area contributed by atoms with Gasteiger partial charge in [-0.2, -0.15) is 4.37 Å². The van der Waals surface area contributed by atoms with Crippen LogP contribution in [-0.4, -0.2) is 35.1 Å². The quantitative estimate of drug-likeness (QED) is 0.161. The third-order valence-electron chi connectivity index (χ3n) is 5.40. The lowest BCUT2D eigenvalue weighted by Crippen LogP contribution is -2.32. The zero-order chi connectivity index (χ0) is 26.8. The molecule has 7 nitrogen and oxygen atoms in total. The second kappa shape index (κ2) is 13.8. The predicted molar refractivity (Wildman–Crippen MR) is 147 cm³/mol. The summed E-state index contributed by atoms with van der Waals surface area (Å²) in [5, 5.41) is 1.11. The van der Waals surface area contributed by atoms with E-state index in [-0.39, 0.29) is 13.0 Å². The Kier molecular flexibility index (Phi) is 10.5. The van der Waals surface area contributed by atoms with E-state index in [1.807, 2.05) is 69.3 Å². The third-order valence-corrected chi connectivity index (χ3v) is 6.55. The van der Waals surface area contributed by atoms with Crippen LogP contribution in [0.5, 0.6) is 17.4 Å². The highest BCUT2D eigenvalue weighted by Gasteiger charge is 2.27. The van der Waals surface area contributed by atoms with Crippen LogP contribution in [0.25, 0.3) is 10.1 Å². The summed E-state index contributed by atoms with van der Waals surface area (Å²) in [4.78, 5) is 17.0. The number of rotatable bonds is 10. The molecule has 0 spiro atoms. The topological polar surface area (TPSA) is 79.8 Å². The van der Waals surface area contributed by atoms with Crippen LogP contribution < -0.4 is 14.2 Å². The minimum Gasteiger partial charge on any atom is -0.497 e. The number of aromatic nitrogens is 2. The van der Waals surface area contributed by atoms with Gasteiger partial charge >= 0.3 is 5.97 Å². The van der Waals surface area contributed by atoms with Gasteiger partial charge in [-0.3, -0.25) is 0 Å². The molecule has 0 saturated carbocycles. The van der Waals surface area contributed by atoms with E-state index in [0.29, 0.717) is 23.4 Å². The van der Waals surface area contributed by atoms with Gasteiger partial charge in [-0.25, -0.2) is 9.78 Å². The van der Waals surface area contributed by atoms with E-state index in [0.717, 1.165) is 32.5 Å². The number of pyridine rings is 1. The van der Waals surface area contributed by atoms with E-state index in [9.17, 15) is 4.79 Å². The SMILES string of the molecule is CC.CCOC(=O)C(Cc1ccccc1OCc1ccc(OC)cc1)Oc1nsc2cnc(Cl)c(C)c12. The second-order valence-corrected chi connectivity index (χ2v) is 8.87. The lowest BCUT2D eigenvalue weighted by molar-refractivity contribution is -0.151. The predicted octanol–water partition coefficient (Wildman–Crippen LogP) is 6.82. The molecule has 0 aliphatic carbocycles. The first-order chi connectivity index (χ1) is 18.0. The number of carbonyl (C=O) groups excluding carboxylic acids is 1. The van der Waals surface area contributed by atoms with Gasteiger partial charge in [0.15, 0.2) is 0 Å². The number of para-hydroxylation sites is 1. The first kappa shape index (κ1) is 28.2. The van der Waals surface area contributed by atoms with Crippen molar-refractivity contribution in [3.05, 3.63) is 76.6 Å². The Labute approximate surface area is 226 Å². The summed E-state index contributed by atoms with van der Waals surface area (Å²) in [7, 11) is 1.63. The second-order valence-electron chi connectivity index (χ2n) is 7.71. The van der Waals surface area contributed by atoms with Gasteiger partial charge in [-0.1, -0.05) is 55.8 Å². The summed E-state index contributed by atoms with van der Waals surface area (Å²) in [6.45, 7) is 8.21. The number of hydrogen-bond acceptors (Lipinski definition) is 8. The number of benzene rings is 2. The molecule has 37 heavy (non-hydrogen) atoms. The monoisotopic (exact) mass is 542 g/mol. The first-order valence-corrected chi connectivity index (χ1v) is 13.2. The molecule has 0 aliphatic heterocycles. The number of ether oxygens (including phenoxy) is 4. The molecule has 0 bridgehead atoms. The normalized spacial score (nSPS) is 11.3. The molecule has 0 aliphatic rings. The number of aryl methyl sites for hydroxylation is 1. The van der Waals surface area contributed by atoms with Gasteiger partial charge in [0.1, 0.15) is 23.3 Å². The lowest BCUT2D eigenvalue weighted by atomic mass is 10.1. The molecule has 196 valence electrons. The Morgan fingerprint density at radius 1 is 1.11 bits per heavy atom. The van der Waals surface area contributed by atoms with Gasteiger partial charge in [-0.05, 0) is 54.7 Å². The molecule has 1 unspecified atom stereocenters. The highest BCUT2D eigenvalue weighted by Crippen LogP contribution is 2.35. The minimum atomic E-state index is -0.919. The van der Waals surface area contributed by atoms with Crippen molar-refractivity contribution in [2.24, 2.45) is 0 Å². The van der Waals surface area contributed by atoms with E-state index in [4.69, 9.17) is 30.5 Å². The van der Waals surface area contributed by atoms with Gasteiger partial charge < -0.3 is 18.9 Å². The van der Waals surface area contributed by atoms with Crippen LogP contribution in [-0.2, 0) is 22.6 Å². The molecule has 4 rings (SSSR count). The number of fused-ring (bicyclic) bond motifs is 1. The number of hydrogen-bond donors (Lipinski definition) is 0. The first-order valence-electron chi connectivity index (χ1n) is 12.1. The highest BCUT2D eigenvalue weighted by atomic mass is 35.5. The average molecular weight is 543 g/mol. The molecule has 2 heterocycles. The summed E-state index contributed by atoms with van der Waals surface area (Å²) in [5.41, 5.74) is 2.56. The van der Waals surface area contributed by atoms with Crippen molar-refractivity contribution < 1.29 is 23.7 Å². The fourth-order valence-electron chi connectivity index (χ4n) is 3.56. The number of nitrogens with zero attached hydrogens (tertiary/aromatic N) is 2. The number of halogens is 1. The molecule has 9 heteroatoms. The molecule has 2 aromatic heterocycles. The summed E-state index contributed by atoms with van der Waals surface area (Å²) < 4.78 is 28.0. The molecule has 2 aromatic carbocycles.